The molecule has 20 heavy (non-hydrogen) atoms. The van der Waals surface area contributed by atoms with E-state index in [1.165, 1.54) is 16.4 Å². The van der Waals surface area contributed by atoms with E-state index in [-0.39, 0.29) is 0 Å². The summed E-state index contributed by atoms with van der Waals surface area (Å²) in [7, 11) is 1.60. The van der Waals surface area contributed by atoms with Crippen LogP contribution < -0.4 is 11.1 Å². The van der Waals surface area contributed by atoms with E-state index in [1.807, 2.05) is 6.92 Å². The molecule has 0 aliphatic rings. The Bertz CT molecular complexity index is 708. The van der Waals surface area contributed by atoms with Gasteiger partial charge in [-0.25, -0.2) is 0 Å². The van der Waals surface area contributed by atoms with Gasteiger partial charge < -0.3 is 5.11 Å². The highest BCUT2D eigenvalue weighted by Gasteiger charge is 2.09. The van der Waals surface area contributed by atoms with E-state index < -0.39 is 17.2 Å². The molecule has 2 rings (SSSR count). The lowest BCUT2D eigenvalue weighted by Gasteiger charge is -2.08. The molecule has 106 valence electrons. The van der Waals surface area contributed by atoms with Gasteiger partial charge in [0.15, 0.2) is 5.16 Å². The maximum Gasteiger partial charge on any atom is 0.339 e. The first-order valence-corrected chi connectivity index (χ1v) is 6.82. The summed E-state index contributed by atoms with van der Waals surface area (Å²) in [6.07, 6.45) is 1.61. The molecule has 2 N–H and O–H groups in total. The molecule has 0 aliphatic heterocycles. The fourth-order valence-corrected chi connectivity index (χ4v) is 2.28. The van der Waals surface area contributed by atoms with Gasteiger partial charge in [-0.1, -0.05) is 6.92 Å². The Hall–Kier alpha value is -1.93. The predicted octanol–water partition coefficient (Wildman–Crippen LogP) is 0.458. The van der Waals surface area contributed by atoms with Crippen molar-refractivity contribution in [2.45, 2.75) is 29.5 Å². The van der Waals surface area contributed by atoms with Crippen LogP contribution in [0.2, 0.25) is 0 Å². The largest absolute Gasteiger partial charge is 0.387 e. The molecule has 0 bridgehead atoms. The molecular weight excluding hydrogens is 280 g/mol. The molecule has 0 aromatic carbocycles. The molecule has 0 spiro atoms. The van der Waals surface area contributed by atoms with Crippen molar-refractivity contribution in [2.75, 3.05) is 0 Å². The predicted molar refractivity (Wildman–Crippen MR) is 73.7 cm³/mol. The van der Waals surface area contributed by atoms with Gasteiger partial charge in [-0.15, -0.1) is 0 Å². The van der Waals surface area contributed by atoms with Crippen LogP contribution in [0.1, 0.15) is 25.1 Å². The van der Waals surface area contributed by atoms with Crippen LogP contribution in [-0.2, 0) is 7.05 Å². The average molecular weight is 294 g/mol. The second-order valence-electron chi connectivity index (χ2n) is 4.14. The molecule has 0 saturated carbocycles. The minimum atomic E-state index is -0.823. The van der Waals surface area contributed by atoms with E-state index in [9.17, 15) is 14.7 Å². The highest BCUT2D eigenvalue weighted by molar-refractivity contribution is 7.99. The van der Waals surface area contributed by atoms with Gasteiger partial charge in [0.25, 0.3) is 0 Å². The summed E-state index contributed by atoms with van der Waals surface area (Å²) in [4.78, 5) is 30.9. The number of nitrogens with one attached hydrogen (secondary N) is 1. The van der Waals surface area contributed by atoms with Gasteiger partial charge in [-0.2, -0.15) is 4.98 Å². The third-order valence-corrected chi connectivity index (χ3v) is 3.67. The number of aryl methyl sites for hydroxylation is 1. The Morgan fingerprint density at radius 3 is 2.80 bits per heavy atom. The Morgan fingerprint density at radius 1 is 1.45 bits per heavy atom. The van der Waals surface area contributed by atoms with Gasteiger partial charge in [0.2, 0.25) is 0 Å². The summed E-state index contributed by atoms with van der Waals surface area (Å²) < 4.78 is 1.38. The monoisotopic (exact) mass is 294 g/mol. The maximum atomic E-state index is 11.2. The highest BCUT2D eigenvalue weighted by atomic mass is 32.2. The summed E-state index contributed by atoms with van der Waals surface area (Å²) in [5.41, 5.74) is -0.979. The normalized spacial score (nSPS) is 12.3. The van der Waals surface area contributed by atoms with Crippen molar-refractivity contribution in [3.8, 4) is 0 Å². The minimum absolute atomic E-state index is 0.361. The second-order valence-corrected chi connectivity index (χ2v) is 5.19. The van der Waals surface area contributed by atoms with E-state index in [1.54, 1.807) is 25.4 Å². The van der Waals surface area contributed by atoms with E-state index in [0.717, 1.165) is 4.90 Å². The lowest BCUT2D eigenvalue weighted by atomic mass is 10.2. The number of nitrogens with zero attached hydrogens (tertiary/aromatic N) is 3. The van der Waals surface area contributed by atoms with Crippen molar-refractivity contribution in [1.82, 2.24) is 19.7 Å². The zero-order valence-corrected chi connectivity index (χ0v) is 11.8. The minimum Gasteiger partial charge on any atom is -0.387 e. The molecule has 0 radical (unpaired) electrons. The number of hydrogen-bond donors (Lipinski definition) is 2. The number of aromatic nitrogens is 4. The first-order valence-electron chi connectivity index (χ1n) is 6.00. The summed E-state index contributed by atoms with van der Waals surface area (Å²) in [6.45, 7) is 1.87. The molecule has 0 aliphatic carbocycles. The number of aliphatic hydroxyl groups excluding tert-OH is 1. The fraction of sp³-hybridized carbons (Fsp3) is 0.333. The number of rotatable bonds is 4. The van der Waals surface area contributed by atoms with Crippen LogP contribution in [0.3, 0.4) is 0 Å². The number of aromatic amines is 1. The standard InChI is InChI=1S/C12H14N4O3S/c1-3-9(17)8-5-4-7(6-13-8)20-12-14-10(18)11(19)15-16(12)2/h4-6,9,17H,3H2,1-2H3,(H,15,19)/t9-/m0/s1. The molecule has 2 aromatic heterocycles. The van der Waals surface area contributed by atoms with Crippen LogP contribution in [0.4, 0.5) is 0 Å². The van der Waals surface area contributed by atoms with Gasteiger partial charge in [0, 0.05) is 18.1 Å². The van der Waals surface area contributed by atoms with Gasteiger partial charge >= 0.3 is 11.1 Å². The van der Waals surface area contributed by atoms with Crippen molar-refractivity contribution >= 4 is 11.8 Å². The zero-order valence-electron chi connectivity index (χ0n) is 11.0. The van der Waals surface area contributed by atoms with Crippen molar-refractivity contribution < 1.29 is 5.11 Å². The van der Waals surface area contributed by atoms with E-state index >= 15 is 0 Å². The quantitative estimate of drug-likeness (QED) is 0.794. The first-order chi connectivity index (χ1) is 9.51. The molecule has 0 saturated heterocycles. The summed E-state index contributed by atoms with van der Waals surface area (Å²) in [6, 6.07) is 3.50. The zero-order chi connectivity index (χ0) is 14.7. The Kier molecular flexibility index (Phi) is 4.35. The number of pyridine rings is 1. The van der Waals surface area contributed by atoms with E-state index in [2.05, 4.69) is 15.1 Å². The smallest absolute Gasteiger partial charge is 0.339 e. The summed E-state index contributed by atoms with van der Waals surface area (Å²) in [5.74, 6) is 0. The Balaban J connectivity index is 2.24. The molecule has 0 amide bonds. The van der Waals surface area contributed by atoms with Gasteiger partial charge in [-0.05, 0) is 30.3 Å². The molecular formula is C12H14N4O3S. The first kappa shape index (κ1) is 14.5. The molecule has 0 fully saturated rings. The summed E-state index contributed by atoms with van der Waals surface area (Å²) in [5, 5.41) is 12.4. The molecule has 1 atom stereocenters. The van der Waals surface area contributed by atoms with Gasteiger partial charge in [0.1, 0.15) is 0 Å². The topological polar surface area (TPSA) is 101 Å². The number of aliphatic hydroxyl groups is 1. The van der Waals surface area contributed by atoms with Crippen LogP contribution in [0.25, 0.3) is 0 Å². The van der Waals surface area contributed by atoms with Crippen molar-refractivity contribution in [3.63, 3.8) is 0 Å². The van der Waals surface area contributed by atoms with Crippen LogP contribution in [0, 0.1) is 0 Å². The van der Waals surface area contributed by atoms with Crippen LogP contribution in [0.15, 0.2) is 38.0 Å². The molecule has 2 aromatic rings. The van der Waals surface area contributed by atoms with Gasteiger partial charge in [0.05, 0.1) is 11.8 Å². The average Bonchev–Trinajstić information content (AvgIpc) is 2.44. The third kappa shape index (κ3) is 3.14. The van der Waals surface area contributed by atoms with Crippen LogP contribution in [0.5, 0.6) is 0 Å². The van der Waals surface area contributed by atoms with Crippen molar-refractivity contribution in [3.05, 3.63) is 44.7 Å². The number of hydrogen-bond acceptors (Lipinski definition) is 6. The molecule has 2 heterocycles. The van der Waals surface area contributed by atoms with Crippen LogP contribution in [-0.4, -0.2) is 24.9 Å². The highest BCUT2D eigenvalue weighted by Crippen LogP contribution is 2.24. The lowest BCUT2D eigenvalue weighted by Crippen LogP contribution is -2.33. The van der Waals surface area contributed by atoms with E-state index in [4.69, 9.17) is 0 Å². The molecule has 0 unspecified atom stereocenters. The number of H-pyrrole nitrogens is 1. The van der Waals surface area contributed by atoms with E-state index in [0.29, 0.717) is 17.3 Å². The van der Waals surface area contributed by atoms with Crippen molar-refractivity contribution in [1.29, 1.82) is 0 Å². The fourth-order valence-electron chi connectivity index (χ4n) is 1.52. The summed E-state index contributed by atoms with van der Waals surface area (Å²) >= 11 is 1.20. The van der Waals surface area contributed by atoms with Gasteiger partial charge in [-0.3, -0.25) is 24.4 Å². The second kappa shape index (κ2) is 6.02. The Morgan fingerprint density at radius 2 is 2.20 bits per heavy atom. The lowest BCUT2D eigenvalue weighted by molar-refractivity contribution is 0.169. The Labute approximate surface area is 118 Å². The molecule has 7 nitrogen and oxygen atoms in total. The molecule has 8 heteroatoms. The van der Waals surface area contributed by atoms with Crippen LogP contribution >= 0.6 is 11.8 Å². The SMILES string of the molecule is CC[C@H](O)c1ccc(Sc2nc(=O)c(=O)[nH]n2C)cn1. The maximum absolute atomic E-state index is 11.2. The van der Waals surface area contributed by atoms with Crippen molar-refractivity contribution in [2.24, 2.45) is 7.05 Å². The third-order valence-electron chi connectivity index (χ3n) is 2.64.